The fraction of sp³-hybridized carbons (Fsp3) is 0.385. The molecular formula is C13H14ClNO3. The smallest absolute Gasteiger partial charge is 0.308 e. The molecular weight excluding hydrogens is 254 g/mol. The van der Waals surface area contributed by atoms with E-state index in [1.54, 1.807) is 6.07 Å². The fourth-order valence-electron chi connectivity index (χ4n) is 2.37. The second-order valence-corrected chi connectivity index (χ2v) is 4.97. The van der Waals surface area contributed by atoms with Gasteiger partial charge in [0.15, 0.2) is 0 Å². The van der Waals surface area contributed by atoms with Crippen LogP contribution in [0.25, 0.3) is 0 Å². The van der Waals surface area contributed by atoms with Gasteiger partial charge in [0.2, 0.25) is 5.91 Å². The number of carbonyl (C=O) groups excluding carboxylic acids is 1. The van der Waals surface area contributed by atoms with Gasteiger partial charge in [0.1, 0.15) is 0 Å². The standard InChI is InChI=1S/C13H14ClNO3/c1-7-3-4-11(14)10-5-9(13(17)18)6-15(8(2)16)12(7)10/h3-4,9H,5-6H2,1-2H3,(H,17,18). The third-order valence-corrected chi connectivity index (χ3v) is 3.63. The maximum Gasteiger partial charge on any atom is 0.308 e. The van der Waals surface area contributed by atoms with E-state index in [1.807, 2.05) is 13.0 Å². The van der Waals surface area contributed by atoms with Crippen LogP contribution in [0.4, 0.5) is 5.69 Å². The first kappa shape index (κ1) is 12.9. The van der Waals surface area contributed by atoms with E-state index in [0.717, 1.165) is 16.8 Å². The monoisotopic (exact) mass is 267 g/mol. The third-order valence-electron chi connectivity index (χ3n) is 3.28. The van der Waals surface area contributed by atoms with Crippen molar-refractivity contribution in [3.63, 3.8) is 0 Å². The topological polar surface area (TPSA) is 57.6 Å². The van der Waals surface area contributed by atoms with E-state index in [4.69, 9.17) is 16.7 Å². The second-order valence-electron chi connectivity index (χ2n) is 4.56. The molecule has 0 fully saturated rings. The van der Waals surface area contributed by atoms with Crippen molar-refractivity contribution in [2.75, 3.05) is 11.4 Å². The van der Waals surface area contributed by atoms with Crippen molar-refractivity contribution >= 4 is 29.2 Å². The van der Waals surface area contributed by atoms with Crippen LogP contribution in [0.5, 0.6) is 0 Å². The predicted octanol–water partition coefficient (Wildman–Crippen LogP) is 2.26. The highest BCUT2D eigenvalue weighted by Gasteiger charge is 2.33. The Morgan fingerprint density at radius 1 is 1.44 bits per heavy atom. The molecule has 1 amide bonds. The van der Waals surface area contributed by atoms with Gasteiger partial charge >= 0.3 is 5.97 Å². The SMILES string of the molecule is CC(=O)N1CC(C(=O)O)Cc2c(Cl)ccc(C)c21. The van der Waals surface area contributed by atoms with Crippen molar-refractivity contribution in [1.29, 1.82) is 0 Å². The summed E-state index contributed by atoms with van der Waals surface area (Å²) in [7, 11) is 0. The average Bonchev–Trinajstić information content (AvgIpc) is 2.32. The van der Waals surface area contributed by atoms with Crippen molar-refractivity contribution in [1.82, 2.24) is 0 Å². The van der Waals surface area contributed by atoms with Gasteiger partial charge in [-0.05, 0) is 30.5 Å². The number of hydrogen-bond donors (Lipinski definition) is 1. The van der Waals surface area contributed by atoms with Crippen LogP contribution in [0.2, 0.25) is 5.02 Å². The molecule has 0 radical (unpaired) electrons. The summed E-state index contributed by atoms with van der Waals surface area (Å²) in [5.74, 6) is -1.65. The average molecular weight is 268 g/mol. The van der Waals surface area contributed by atoms with Crippen LogP contribution < -0.4 is 4.90 Å². The van der Waals surface area contributed by atoms with Crippen molar-refractivity contribution < 1.29 is 14.7 Å². The number of carboxylic acid groups (broad SMARTS) is 1. The van der Waals surface area contributed by atoms with Gasteiger partial charge in [-0.3, -0.25) is 9.59 Å². The van der Waals surface area contributed by atoms with Crippen LogP contribution >= 0.6 is 11.6 Å². The summed E-state index contributed by atoms with van der Waals surface area (Å²) >= 11 is 6.12. The summed E-state index contributed by atoms with van der Waals surface area (Å²) in [5.41, 5.74) is 2.46. The van der Waals surface area contributed by atoms with Gasteiger partial charge in [0.25, 0.3) is 0 Å². The number of halogens is 1. The highest BCUT2D eigenvalue weighted by atomic mass is 35.5. The minimum atomic E-state index is -0.899. The van der Waals surface area contributed by atoms with E-state index in [1.165, 1.54) is 11.8 Å². The molecule has 0 spiro atoms. The van der Waals surface area contributed by atoms with Gasteiger partial charge in [-0.25, -0.2) is 0 Å². The molecule has 18 heavy (non-hydrogen) atoms. The molecule has 0 aliphatic carbocycles. The lowest BCUT2D eigenvalue weighted by atomic mass is 9.90. The first-order chi connectivity index (χ1) is 8.41. The summed E-state index contributed by atoms with van der Waals surface area (Å²) < 4.78 is 0. The fourth-order valence-corrected chi connectivity index (χ4v) is 2.60. The first-order valence-corrected chi connectivity index (χ1v) is 6.08. The van der Waals surface area contributed by atoms with Crippen LogP contribution in [-0.4, -0.2) is 23.5 Å². The molecule has 1 heterocycles. The Kier molecular flexibility index (Phi) is 3.30. The van der Waals surface area contributed by atoms with Crippen LogP contribution in [-0.2, 0) is 16.0 Å². The zero-order valence-electron chi connectivity index (χ0n) is 10.2. The summed E-state index contributed by atoms with van der Waals surface area (Å²) in [5, 5.41) is 9.66. The van der Waals surface area contributed by atoms with Gasteiger partial charge in [-0.1, -0.05) is 17.7 Å². The Morgan fingerprint density at radius 2 is 2.11 bits per heavy atom. The molecule has 1 N–H and O–H groups in total. The normalized spacial score (nSPS) is 18.4. The number of benzene rings is 1. The first-order valence-electron chi connectivity index (χ1n) is 5.70. The van der Waals surface area contributed by atoms with Crippen LogP contribution in [0, 0.1) is 12.8 Å². The highest BCUT2D eigenvalue weighted by molar-refractivity contribution is 6.32. The molecule has 2 rings (SSSR count). The molecule has 1 aliphatic rings. The van der Waals surface area contributed by atoms with E-state index in [-0.39, 0.29) is 12.5 Å². The molecule has 1 unspecified atom stereocenters. The molecule has 0 saturated heterocycles. The molecule has 96 valence electrons. The van der Waals surface area contributed by atoms with Gasteiger partial charge in [-0.15, -0.1) is 0 Å². The van der Waals surface area contributed by atoms with Crippen molar-refractivity contribution in [3.8, 4) is 0 Å². The van der Waals surface area contributed by atoms with E-state index < -0.39 is 11.9 Å². The van der Waals surface area contributed by atoms with Gasteiger partial charge in [0, 0.05) is 18.5 Å². The largest absolute Gasteiger partial charge is 0.481 e. The number of aliphatic carboxylic acids is 1. The van der Waals surface area contributed by atoms with Crippen LogP contribution in [0.3, 0.4) is 0 Å². The third kappa shape index (κ3) is 2.08. The lowest BCUT2D eigenvalue weighted by Gasteiger charge is -2.34. The minimum absolute atomic E-state index is 0.160. The summed E-state index contributed by atoms with van der Waals surface area (Å²) in [4.78, 5) is 24.3. The molecule has 1 atom stereocenters. The molecule has 0 aromatic heterocycles. The number of anilines is 1. The zero-order chi connectivity index (χ0) is 13.4. The van der Waals surface area contributed by atoms with Crippen LogP contribution in [0.15, 0.2) is 12.1 Å². The lowest BCUT2D eigenvalue weighted by Crippen LogP contribution is -2.42. The molecule has 5 heteroatoms. The maximum absolute atomic E-state index is 11.7. The summed E-state index contributed by atoms with van der Waals surface area (Å²) in [6.45, 7) is 3.54. The number of rotatable bonds is 1. The van der Waals surface area contributed by atoms with Gasteiger partial charge in [-0.2, -0.15) is 0 Å². The van der Waals surface area contributed by atoms with Gasteiger partial charge in [0.05, 0.1) is 11.6 Å². The number of carboxylic acids is 1. The zero-order valence-corrected chi connectivity index (χ0v) is 11.0. The predicted molar refractivity (Wildman–Crippen MR) is 69.0 cm³/mol. The van der Waals surface area contributed by atoms with Crippen LogP contribution in [0.1, 0.15) is 18.1 Å². The van der Waals surface area contributed by atoms with E-state index in [9.17, 15) is 9.59 Å². The summed E-state index contributed by atoms with van der Waals surface area (Å²) in [6.07, 6.45) is 0.370. The van der Waals surface area contributed by atoms with Gasteiger partial charge < -0.3 is 10.0 Å². The van der Waals surface area contributed by atoms with E-state index in [2.05, 4.69) is 0 Å². The quantitative estimate of drug-likeness (QED) is 0.849. The highest BCUT2D eigenvalue weighted by Crippen LogP contribution is 2.37. The Bertz CT molecular complexity index is 527. The number of carbonyl (C=O) groups is 2. The maximum atomic E-state index is 11.7. The Labute approximate surface area is 110 Å². The van der Waals surface area contributed by atoms with Crippen molar-refractivity contribution in [2.24, 2.45) is 5.92 Å². The Hall–Kier alpha value is -1.55. The molecule has 4 nitrogen and oxygen atoms in total. The minimum Gasteiger partial charge on any atom is -0.481 e. The van der Waals surface area contributed by atoms with Crippen molar-refractivity contribution in [3.05, 3.63) is 28.3 Å². The number of hydrogen-bond acceptors (Lipinski definition) is 2. The number of nitrogens with zero attached hydrogens (tertiary/aromatic N) is 1. The molecule has 0 bridgehead atoms. The Balaban J connectivity index is 2.58. The Morgan fingerprint density at radius 3 is 2.67 bits per heavy atom. The van der Waals surface area contributed by atoms with E-state index in [0.29, 0.717) is 11.4 Å². The molecule has 0 saturated carbocycles. The van der Waals surface area contributed by atoms with E-state index >= 15 is 0 Å². The number of aryl methyl sites for hydroxylation is 1. The molecule has 1 aliphatic heterocycles. The molecule has 1 aromatic rings. The molecule has 1 aromatic carbocycles. The second kappa shape index (κ2) is 4.61. The number of fused-ring (bicyclic) bond motifs is 1. The lowest BCUT2D eigenvalue weighted by molar-refractivity contribution is -0.141. The van der Waals surface area contributed by atoms with Crippen molar-refractivity contribution in [2.45, 2.75) is 20.3 Å². The summed E-state index contributed by atoms with van der Waals surface area (Å²) in [6, 6.07) is 3.59. The number of amides is 1.